The van der Waals surface area contributed by atoms with E-state index in [1.54, 1.807) is 13.0 Å². The predicted octanol–water partition coefficient (Wildman–Crippen LogP) is 2.32. The van der Waals surface area contributed by atoms with E-state index < -0.39 is 10.0 Å². The first kappa shape index (κ1) is 17.1. The van der Waals surface area contributed by atoms with E-state index in [-0.39, 0.29) is 16.4 Å². The molecule has 1 aromatic carbocycles. The van der Waals surface area contributed by atoms with Gasteiger partial charge in [-0.2, -0.15) is 0 Å². The number of carbonyl (C=O) groups excluding carboxylic acids is 1. The highest BCUT2D eigenvalue weighted by Crippen LogP contribution is 2.25. The van der Waals surface area contributed by atoms with E-state index in [0.717, 1.165) is 19.3 Å². The fourth-order valence-electron chi connectivity index (χ4n) is 1.76. The van der Waals surface area contributed by atoms with E-state index >= 15 is 0 Å². The fourth-order valence-corrected chi connectivity index (χ4v) is 3.18. The molecule has 1 rings (SSSR count). The van der Waals surface area contributed by atoms with Gasteiger partial charge in [0.25, 0.3) is 5.91 Å². The first-order valence-corrected chi connectivity index (χ1v) is 8.72. The number of carbonyl (C=O) groups is 1. The van der Waals surface area contributed by atoms with Gasteiger partial charge in [-0.05, 0) is 31.0 Å². The molecule has 0 aliphatic rings. The van der Waals surface area contributed by atoms with E-state index in [9.17, 15) is 13.2 Å². The van der Waals surface area contributed by atoms with Gasteiger partial charge in [-0.3, -0.25) is 4.79 Å². The van der Waals surface area contributed by atoms with Crippen LogP contribution in [0.5, 0.6) is 0 Å². The van der Waals surface area contributed by atoms with Crippen LogP contribution >= 0.6 is 15.9 Å². The van der Waals surface area contributed by atoms with Crippen LogP contribution in [0.3, 0.4) is 0 Å². The molecule has 0 aromatic heterocycles. The first-order valence-electron chi connectivity index (χ1n) is 6.38. The quantitative estimate of drug-likeness (QED) is 0.760. The lowest BCUT2D eigenvalue weighted by molar-refractivity contribution is 0.0952. The van der Waals surface area contributed by atoms with Crippen molar-refractivity contribution in [1.82, 2.24) is 5.32 Å². The molecule has 7 heteroatoms. The average Bonchev–Trinajstić information content (AvgIpc) is 2.36. The third kappa shape index (κ3) is 4.57. The lowest BCUT2D eigenvalue weighted by Gasteiger charge is -2.10. The van der Waals surface area contributed by atoms with Crippen molar-refractivity contribution < 1.29 is 13.2 Å². The number of primary sulfonamides is 1. The molecule has 0 aliphatic carbocycles. The summed E-state index contributed by atoms with van der Waals surface area (Å²) in [6.07, 6.45) is 3.01. The van der Waals surface area contributed by atoms with Crippen LogP contribution < -0.4 is 10.5 Å². The van der Waals surface area contributed by atoms with Crippen molar-refractivity contribution in [3.63, 3.8) is 0 Å². The molecule has 1 aromatic rings. The van der Waals surface area contributed by atoms with Crippen LogP contribution in [0.25, 0.3) is 0 Å². The van der Waals surface area contributed by atoms with Crippen molar-refractivity contribution in [2.24, 2.45) is 5.14 Å². The standard InChI is InChI=1S/C13H19BrN2O3S/c1-3-4-5-6-16-13(17)10-7-11(14)9(2)12(8-10)20(15,18)19/h7-8H,3-6H2,1-2H3,(H,16,17)(H2,15,18,19). The lowest BCUT2D eigenvalue weighted by Crippen LogP contribution is -2.25. The maximum Gasteiger partial charge on any atom is 0.251 e. The SMILES string of the molecule is CCCCCNC(=O)c1cc(Br)c(C)c(S(N)(=O)=O)c1. The van der Waals surface area contributed by atoms with Crippen molar-refractivity contribution in [2.75, 3.05) is 6.54 Å². The molecule has 112 valence electrons. The van der Waals surface area contributed by atoms with Crippen LogP contribution in [-0.4, -0.2) is 20.9 Å². The number of halogens is 1. The summed E-state index contributed by atoms with van der Waals surface area (Å²) in [6, 6.07) is 2.91. The van der Waals surface area contributed by atoms with Gasteiger partial charge in [-0.15, -0.1) is 0 Å². The largest absolute Gasteiger partial charge is 0.352 e. The monoisotopic (exact) mass is 362 g/mol. The maximum absolute atomic E-state index is 12.0. The number of amides is 1. The summed E-state index contributed by atoms with van der Waals surface area (Å²) in [6.45, 7) is 4.28. The molecule has 3 N–H and O–H groups in total. The minimum Gasteiger partial charge on any atom is -0.352 e. The summed E-state index contributed by atoms with van der Waals surface area (Å²) < 4.78 is 23.6. The number of unbranched alkanes of at least 4 members (excludes halogenated alkanes) is 2. The van der Waals surface area contributed by atoms with Crippen molar-refractivity contribution in [3.8, 4) is 0 Å². The Labute approximate surface area is 128 Å². The van der Waals surface area contributed by atoms with Gasteiger partial charge in [0.05, 0.1) is 4.90 Å². The van der Waals surface area contributed by atoms with Crippen LogP contribution in [0.1, 0.15) is 42.1 Å². The Balaban J connectivity index is 2.97. The van der Waals surface area contributed by atoms with Crippen LogP contribution in [-0.2, 0) is 10.0 Å². The zero-order chi connectivity index (χ0) is 15.3. The van der Waals surface area contributed by atoms with Gasteiger partial charge in [0, 0.05) is 16.6 Å². The van der Waals surface area contributed by atoms with E-state index in [0.29, 0.717) is 16.6 Å². The average molecular weight is 363 g/mol. The Bertz CT molecular complexity index is 600. The summed E-state index contributed by atoms with van der Waals surface area (Å²) in [5, 5.41) is 7.92. The van der Waals surface area contributed by atoms with Crippen molar-refractivity contribution in [2.45, 2.75) is 38.0 Å². The number of rotatable bonds is 6. The highest BCUT2D eigenvalue weighted by atomic mass is 79.9. The van der Waals surface area contributed by atoms with Crippen molar-refractivity contribution in [1.29, 1.82) is 0 Å². The molecule has 20 heavy (non-hydrogen) atoms. The van der Waals surface area contributed by atoms with Gasteiger partial charge < -0.3 is 5.32 Å². The number of benzene rings is 1. The van der Waals surface area contributed by atoms with Crippen LogP contribution in [0.15, 0.2) is 21.5 Å². The molecular weight excluding hydrogens is 344 g/mol. The molecule has 0 saturated carbocycles. The van der Waals surface area contributed by atoms with Gasteiger partial charge >= 0.3 is 0 Å². The number of nitrogens with one attached hydrogen (secondary N) is 1. The number of hydrogen-bond acceptors (Lipinski definition) is 3. The van der Waals surface area contributed by atoms with Crippen molar-refractivity contribution in [3.05, 3.63) is 27.7 Å². The number of nitrogens with two attached hydrogens (primary N) is 1. The van der Waals surface area contributed by atoms with Gasteiger partial charge in [0.15, 0.2) is 0 Å². The molecule has 0 atom stereocenters. The van der Waals surface area contributed by atoms with E-state index in [1.165, 1.54) is 6.07 Å². The van der Waals surface area contributed by atoms with E-state index in [1.807, 2.05) is 0 Å². The Kier molecular flexibility index (Phi) is 6.16. The smallest absolute Gasteiger partial charge is 0.251 e. The lowest BCUT2D eigenvalue weighted by atomic mass is 10.1. The van der Waals surface area contributed by atoms with Gasteiger partial charge in [-0.1, -0.05) is 35.7 Å². The predicted molar refractivity (Wildman–Crippen MR) is 82.1 cm³/mol. The Morgan fingerprint density at radius 3 is 2.55 bits per heavy atom. The first-order chi connectivity index (χ1) is 9.27. The second-order valence-electron chi connectivity index (χ2n) is 4.59. The summed E-state index contributed by atoms with van der Waals surface area (Å²) in [7, 11) is -3.85. The molecule has 0 bridgehead atoms. The zero-order valence-corrected chi connectivity index (χ0v) is 14.0. The number of sulfonamides is 1. The molecule has 5 nitrogen and oxygen atoms in total. The topological polar surface area (TPSA) is 89.3 Å². The third-order valence-corrected chi connectivity index (χ3v) is 4.79. The van der Waals surface area contributed by atoms with Crippen LogP contribution in [0.2, 0.25) is 0 Å². The molecule has 1 amide bonds. The van der Waals surface area contributed by atoms with Gasteiger partial charge in [-0.25, -0.2) is 13.6 Å². The van der Waals surface area contributed by atoms with Crippen molar-refractivity contribution >= 4 is 31.9 Å². The maximum atomic E-state index is 12.0. The highest BCUT2D eigenvalue weighted by Gasteiger charge is 2.17. The molecule has 0 fully saturated rings. The molecule has 0 saturated heterocycles. The summed E-state index contributed by atoms with van der Waals surface area (Å²) in [5.41, 5.74) is 0.776. The molecule has 0 aliphatic heterocycles. The minimum atomic E-state index is -3.85. The normalized spacial score (nSPS) is 11.4. The van der Waals surface area contributed by atoms with Gasteiger partial charge in [0.1, 0.15) is 0 Å². The second-order valence-corrected chi connectivity index (χ2v) is 6.97. The molecular formula is C13H19BrN2O3S. The molecule has 0 unspecified atom stereocenters. The summed E-state index contributed by atoms with van der Waals surface area (Å²) in [5.74, 6) is -0.299. The highest BCUT2D eigenvalue weighted by molar-refractivity contribution is 9.10. The third-order valence-electron chi connectivity index (χ3n) is 2.93. The molecule has 0 radical (unpaired) electrons. The minimum absolute atomic E-state index is 0.0365. The van der Waals surface area contributed by atoms with E-state index in [2.05, 4.69) is 28.2 Å². The zero-order valence-electron chi connectivity index (χ0n) is 11.6. The fraction of sp³-hybridized carbons (Fsp3) is 0.462. The summed E-state index contributed by atoms with van der Waals surface area (Å²) in [4.78, 5) is 11.9. The van der Waals surface area contributed by atoms with Crippen LogP contribution in [0.4, 0.5) is 0 Å². The number of hydrogen-bond donors (Lipinski definition) is 2. The van der Waals surface area contributed by atoms with Gasteiger partial charge in [0.2, 0.25) is 10.0 Å². The Morgan fingerprint density at radius 1 is 1.35 bits per heavy atom. The second kappa shape index (κ2) is 7.19. The van der Waals surface area contributed by atoms with E-state index in [4.69, 9.17) is 5.14 Å². The Morgan fingerprint density at radius 2 is 2.00 bits per heavy atom. The molecule has 0 spiro atoms. The molecule has 0 heterocycles. The summed E-state index contributed by atoms with van der Waals surface area (Å²) >= 11 is 3.25. The van der Waals surface area contributed by atoms with Crippen LogP contribution in [0, 0.1) is 6.92 Å². The Hall–Kier alpha value is -0.920.